The van der Waals surface area contributed by atoms with Crippen LogP contribution in [-0.2, 0) is 4.79 Å². The van der Waals surface area contributed by atoms with Gasteiger partial charge in [0.05, 0.1) is 10.6 Å². The van der Waals surface area contributed by atoms with Crippen molar-refractivity contribution in [2.75, 3.05) is 5.32 Å². The Labute approximate surface area is 123 Å². The summed E-state index contributed by atoms with van der Waals surface area (Å²) < 4.78 is 0. The van der Waals surface area contributed by atoms with E-state index in [0.717, 1.165) is 6.42 Å². The molecule has 1 aromatic rings. The van der Waals surface area contributed by atoms with Gasteiger partial charge < -0.3 is 11.1 Å². The lowest BCUT2D eigenvalue weighted by Gasteiger charge is -2.10. The zero-order valence-electron chi connectivity index (χ0n) is 11.3. The minimum absolute atomic E-state index is 0.0141. The zero-order chi connectivity index (χ0) is 14.5. The smallest absolute Gasteiger partial charge is 0.250 e. The van der Waals surface area contributed by atoms with Gasteiger partial charge in [0.2, 0.25) is 11.8 Å². The molecule has 20 heavy (non-hydrogen) atoms. The maximum absolute atomic E-state index is 11.9. The number of carbonyl (C=O) groups is 2. The van der Waals surface area contributed by atoms with Gasteiger partial charge in [0, 0.05) is 12.1 Å². The van der Waals surface area contributed by atoms with E-state index in [-0.39, 0.29) is 16.5 Å². The minimum Gasteiger partial charge on any atom is -0.366 e. The van der Waals surface area contributed by atoms with Crippen molar-refractivity contribution in [1.82, 2.24) is 0 Å². The fourth-order valence-electron chi connectivity index (χ4n) is 2.65. The molecule has 0 spiro atoms. The quantitative estimate of drug-likeness (QED) is 0.874. The van der Waals surface area contributed by atoms with E-state index in [0.29, 0.717) is 18.0 Å². The van der Waals surface area contributed by atoms with E-state index >= 15 is 0 Å². The summed E-state index contributed by atoms with van der Waals surface area (Å²) in [6, 6.07) is 4.71. The number of rotatable bonds is 5. The van der Waals surface area contributed by atoms with E-state index in [1.807, 2.05) is 0 Å². The maximum atomic E-state index is 11.9. The van der Waals surface area contributed by atoms with Crippen molar-refractivity contribution < 1.29 is 9.59 Å². The van der Waals surface area contributed by atoms with Crippen LogP contribution in [0.25, 0.3) is 0 Å². The van der Waals surface area contributed by atoms with Crippen LogP contribution >= 0.6 is 11.6 Å². The molecule has 0 bridgehead atoms. The molecular weight excluding hydrogens is 276 g/mol. The molecule has 0 aliphatic heterocycles. The third kappa shape index (κ3) is 3.97. The Morgan fingerprint density at radius 1 is 1.30 bits per heavy atom. The number of primary amides is 1. The van der Waals surface area contributed by atoms with Crippen LogP contribution in [0, 0.1) is 5.92 Å². The van der Waals surface area contributed by atoms with Crippen LogP contribution in [0.4, 0.5) is 5.69 Å². The topological polar surface area (TPSA) is 72.2 Å². The highest BCUT2D eigenvalue weighted by Crippen LogP contribution is 2.28. The second-order valence-corrected chi connectivity index (χ2v) is 5.70. The molecule has 2 amide bonds. The molecule has 0 atom stereocenters. The van der Waals surface area contributed by atoms with E-state index < -0.39 is 5.91 Å². The Bertz CT molecular complexity index is 511. The Hall–Kier alpha value is -1.55. The van der Waals surface area contributed by atoms with Gasteiger partial charge in [-0.25, -0.2) is 0 Å². The Kier molecular flexibility index (Phi) is 5.01. The molecule has 0 unspecified atom stereocenters. The number of carbonyl (C=O) groups excluding carboxylic acids is 2. The second-order valence-electron chi connectivity index (χ2n) is 5.30. The van der Waals surface area contributed by atoms with Crippen LogP contribution in [0.3, 0.4) is 0 Å². The molecular formula is C15H19ClN2O2. The van der Waals surface area contributed by atoms with Gasteiger partial charge in [-0.2, -0.15) is 0 Å². The Balaban J connectivity index is 1.87. The Morgan fingerprint density at radius 3 is 2.60 bits per heavy atom. The van der Waals surface area contributed by atoms with Crippen LogP contribution in [0.1, 0.15) is 48.9 Å². The van der Waals surface area contributed by atoms with Crippen molar-refractivity contribution >= 4 is 29.1 Å². The lowest BCUT2D eigenvalue weighted by atomic mass is 10.0. The van der Waals surface area contributed by atoms with E-state index in [1.165, 1.54) is 31.7 Å². The van der Waals surface area contributed by atoms with Gasteiger partial charge in [-0.15, -0.1) is 0 Å². The number of anilines is 1. The summed E-state index contributed by atoms with van der Waals surface area (Å²) in [5.74, 6) is 0.107. The third-order valence-corrected chi connectivity index (χ3v) is 4.09. The van der Waals surface area contributed by atoms with Gasteiger partial charge in [-0.05, 0) is 30.5 Å². The first-order valence-corrected chi connectivity index (χ1v) is 7.33. The largest absolute Gasteiger partial charge is 0.366 e. The SMILES string of the molecule is NC(=O)c1ccc(NC(=O)CCC2CCCC2)cc1Cl. The number of amides is 2. The summed E-state index contributed by atoms with van der Waals surface area (Å²) in [6.07, 6.45) is 6.53. The number of benzene rings is 1. The molecule has 4 nitrogen and oxygen atoms in total. The fourth-order valence-corrected chi connectivity index (χ4v) is 2.92. The van der Waals surface area contributed by atoms with Crippen molar-refractivity contribution in [3.63, 3.8) is 0 Å². The number of nitrogens with one attached hydrogen (secondary N) is 1. The van der Waals surface area contributed by atoms with Gasteiger partial charge >= 0.3 is 0 Å². The molecule has 0 heterocycles. The number of halogens is 1. The van der Waals surface area contributed by atoms with Crippen LogP contribution in [0.15, 0.2) is 18.2 Å². The van der Waals surface area contributed by atoms with E-state index in [4.69, 9.17) is 17.3 Å². The standard InChI is InChI=1S/C15H19ClN2O2/c16-13-9-11(6-7-12(13)15(17)20)18-14(19)8-5-10-3-1-2-4-10/h6-7,9-10H,1-5,8H2,(H2,17,20)(H,18,19). The van der Waals surface area contributed by atoms with Gasteiger partial charge in [0.15, 0.2) is 0 Å². The summed E-state index contributed by atoms with van der Waals surface area (Å²) in [5.41, 5.74) is 6.03. The zero-order valence-corrected chi connectivity index (χ0v) is 12.1. The molecule has 2 rings (SSSR count). The van der Waals surface area contributed by atoms with Crippen molar-refractivity contribution in [1.29, 1.82) is 0 Å². The first-order chi connectivity index (χ1) is 9.56. The van der Waals surface area contributed by atoms with Crippen LogP contribution in [0.2, 0.25) is 5.02 Å². The molecule has 0 radical (unpaired) electrons. The molecule has 1 fully saturated rings. The number of nitrogens with two attached hydrogens (primary N) is 1. The lowest BCUT2D eigenvalue weighted by molar-refractivity contribution is -0.116. The van der Waals surface area contributed by atoms with Crippen molar-refractivity contribution in [2.24, 2.45) is 11.7 Å². The number of hydrogen-bond acceptors (Lipinski definition) is 2. The predicted octanol–water partition coefficient (Wildman–Crippen LogP) is 3.35. The molecule has 108 valence electrons. The summed E-state index contributed by atoms with van der Waals surface area (Å²) >= 11 is 5.94. The molecule has 1 saturated carbocycles. The van der Waals surface area contributed by atoms with Crippen molar-refractivity contribution in [3.05, 3.63) is 28.8 Å². The maximum Gasteiger partial charge on any atom is 0.250 e. The van der Waals surface area contributed by atoms with Crippen LogP contribution < -0.4 is 11.1 Å². The van der Waals surface area contributed by atoms with Crippen LogP contribution in [-0.4, -0.2) is 11.8 Å². The number of hydrogen-bond donors (Lipinski definition) is 2. The van der Waals surface area contributed by atoms with E-state index in [1.54, 1.807) is 12.1 Å². The van der Waals surface area contributed by atoms with Gasteiger partial charge in [-0.1, -0.05) is 37.3 Å². The summed E-state index contributed by atoms with van der Waals surface area (Å²) in [7, 11) is 0. The average Bonchev–Trinajstić information content (AvgIpc) is 2.89. The van der Waals surface area contributed by atoms with Gasteiger partial charge in [0.1, 0.15) is 0 Å². The monoisotopic (exact) mass is 294 g/mol. The summed E-state index contributed by atoms with van der Waals surface area (Å²) in [4.78, 5) is 22.9. The first kappa shape index (κ1) is 14.9. The van der Waals surface area contributed by atoms with Crippen molar-refractivity contribution in [3.8, 4) is 0 Å². The van der Waals surface area contributed by atoms with Gasteiger partial charge in [0.25, 0.3) is 0 Å². The van der Waals surface area contributed by atoms with E-state index in [2.05, 4.69) is 5.32 Å². The highest BCUT2D eigenvalue weighted by atomic mass is 35.5. The predicted molar refractivity (Wildman–Crippen MR) is 79.8 cm³/mol. The lowest BCUT2D eigenvalue weighted by Crippen LogP contribution is -2.14. The summed E-state index contributed by atoms with van der Waals surface area (Å²) in [6.45, 7) is 0. The molecule has 0 saturated heterocycles. The molecule has 1 aliphatic carbocycles. The minimum atomic E-state index is -0.575. The highest BCUT2D eigenvalue weighted by Gasteiger charge is 2.16. The molecule has 1 aromatic carbocycles. The van der Waals surface area contributed by atoms with E-state index in [9.17, 15) is 9.59 Å². The molecule has 0 aromatic heterocycles. The second kappa shape index (κ2) is 6.75. The highest BCUT2D eigenvalue weighted by molar-refractivity contribution is 6.34. The first-order valence-electron chi connectivity index (χ1n) is 6.95. The fraction of sp³-hybridized carbons (Fsp3) is 0.467. The molecule has 1 aliphatic rings. The normalized spacial score (nSPS) is 15.2. The summed E-state index contributed by atoms with van der Waals surface area (Å²) in [5, 5.41) is 3.05. The van der Waals surface area contributed by atoms with Crippen molar-refractivity contribution in [2.45, 2.75) is 38.5 Å². The van der Waals surface area contributed by atoms with Gasteiger partial charge in [-0.3, -0.25) is 9.59 Å². The molecule has 3 N–H and O–H groups in total. The average molecular weight is 295 g/mol. The molecule has 5 heteroatoms. The third-order valence-electron chi connectivity index (χ3n) is 3.77. The van der Waals surface area contributed by atoms with Crippen LogP contribution in [0.5, 0.6) is 0 Å². The Morgan fingerprint density at radius 2 is 2.00 bits per heavy atom.